The van der Waals surface area contributed by atoms with Crippen LogP contribution in [-0.2, 0) is 5.41 Å². The first-order chi connectivity index (χ1) is 22.0. The van der Waals surface area contributed by atoms with Gasteiger partial charge in [-0.3, -0.25) is 4.90 Å². The van der Waals surface area contributed by atoms with Crippen LogP contribution in [0.5, 0.6) is 0 Å². The number of benzene rings is 5. The van der Waals surface area contributed by atoms with Crippen LogP contribution in [0.3, 0.4) is 0 Å². The summed E-state index contributed by atoms with van der Waals surface area (Å²) in [5, 5.41) is 1.05. The van der Waals surface area contributed by atoms with E-state index in [2.05, 4.69) is 165 Å². The Morgan fingerprint density at radius 1 is 0.600 bits per heavy atom. The zero-order chi connectivity index (χ0) is 30.3. The van der Waals surface area contributed by atoms with Gasteiger partial charge in [0.2, 0.25) is 5.95 Å². The van der Waals surface area contributed by atoms with Crippen molar-refractivity contribution in [1.82, 2.24) is 9.97 Å². The summed E-state index contributed by atoms with van der Waals surface area (Å²) in [7, 11) is 0. The number of rotatable bonds is 3. The van der Waals surface area contributed by atoms with Gasteiger partial charge in [-0.15, -0.1) is 0 Å². The molecule has 2 aliphatic carbocycles. The van der Waals surface area contributed by atoms with Gasteiger partial charge < -0.3 is 0 Å². The molecule has 3 nitrogen and oxygen atoms in total. The van der Waals surface area contributed by atoms with Gasteiger partial charge in [-0.2, -0.15) is 0 Å². The van der Waals surface area contributed by atoms with E-state index in [1.807, 2.05) is 0 Å². The number of hydrogen-bond donors (Lipinski definition) is 0. The van der Waals surface area contributed by atoms with E-state index >= 15 is 0 Å². The summed E-state index contributed by atoms with van der Waals surface area (Å²) in [6.45, 7) is 7.15. The van der Waals surface area contributed by atoms with Crippen molar-refractivity contribution in [3.8, 4) is 22.4 Å². The molecule has 0 N–H and O–H groups in total. The molecule has 216 valence electrons. The molecule has 0 saturated carbocycles. The van der Waals surface area contributed by atoms with Crippen LogP contribution in [0, 0.1) is 0 Å². The fourth-order valence-electron chi connectivity index (χ4n) is 8.32. The Bertz CT molecular complexity index is 2210. The number of aromatic nitrogens is 2. The van der Waals surface area contributed by atoms with Crippen molar-refractivity contribution < 1.29 is 0 Å². The lowest BCUT2D eigenvalue weighted by Gasteiger charge is -2.45. The van der Waals surface area contributed by atoms with Crippen LogP contribution in [0.1, 0.15) is 43.4 Å². The Labute approximate surface area is 264 Å². The van der Waals surface area contributed by atoms with E-state index in [4.69, 9.17) is 9.97 Å². The third-order valence-electron chi connectivity index (χ3n) is 10.5. The molecule has 2 heterocycles. The predicted molar refractivity (Wildman–Crippen MR) is 186 cm³/mol. The first-order valence-electron chi connectivity index (χ1n) is 15.8. The highest BCUT2D eigenvalue weighted by atomic mass is 15.3. The maximum Gasteiger partial charge on any atom is 0.231 e. The van der Waals surface area contributed by atoms with Gasteiger partial charge in [0.05, 0.1) is 22.4 Å². The maximum absolute atomic E-state index is 5.47. The summed E-state index contributed by atoms with van der Waals surface area (Å²) >= 11 is 0. The van der Waals surface area contributed by atoms with Gasteiger partial charge in [0.15, 0.2) is 0 Å². The molecule has 45 heavy (non-hydrogen) atoms. The van der Waals surface area contributed by atoms with Crippen molar-refractivity contribution in [2.45, 2.75) is 37.6 Å². The fourth-order valence-corrected chi connectivity index (χ4v) is 8.32. The average Bonchev–Trinajstić information content (AvgIpc) is 3.49. The quantitative estimate of drug-likeness (QED) is 0.209. The van der Waals surface area contributed by atoms with E-state index in [0.29, 0.717) is 0 Å². The first-order valence-corrected chi connectivity index (χ1v) is 15.8. The Morgan fingerprint density at radius 2 is 1.27 bits per heavy atom. The lowest BCUT2D eigenvalue weighted by molar-refractivity contribution is 0.489. The largest absolute Gasteiger partial charge is 0.299 e. The van der Waals surface area contributed by atoms with E-state index < -0.39 is 5.54 Å². The molecule has 0 spiro atoms. The van der Waals surface area contributed by atoms with Crippen LogP contribution < -0.4 is 4.90 Å². The lowest BCUT2D eigenvalue weighted by Crippen LogP contribution is -2.48. The fraction of sp³-hybridized carbons (Fsp3) is 0.143. The minimum absolute atomic E-state index is 0.0668. The van der Waals surface area contributed by atoms with Crippen molar-refractivity contribution in [2.75, 3.05) is 4.90 Å². The summed E-state index contributed by atoms with van der Waals surface area (Å²) in [6.07, 6.45) is 4.76. The van der Waals surface area contributed by atoms with E-state index in [1.165, 1.54) is 39.0 Å². The van der Waals surface area contributed by atoms with Crippen LogP contribution in [0.15, 0.2) is 145 Å². The number of anilines is 2. The Morgan fingerprint density at radius 3 is 2.11 bits per heavy atom. The maximum atomic E-state index is 5.47. The van der Waals surface area contributed by atoms with Crippen molar-refractivity contribution in [2.24, 2.45) is 0 Å². The topological polar surface area (TPSA) is 29.0 Å². The van der Waals surface area contributed by atoms with E-state index in [9.17, 15) is 0 Å². The molecule has 1 aliphatic heterocycles. The zero-order valence-electron chi connectivity index (χ0n) is 25.7. The van der Waals surface area contributed by atoms with Gasteiger partial charge in [0, 0.05) is 27.8 Å². The second kappa shape index (κ2) is 9.36. The number of fused-ring (bicyclic) bond motifs is 8. The number of hydrogen-bond acceptors (Lipinski definition) is 3. The normalized spacial score (nSPS) is 20.6. The molecule has 3 heteroatoms. The smallest absolute Gasteiger partial charge is 0.231 e. The number of allylic oxidation sites excluding steroid dienone is 2. The molecule has 9 rings (SSSR count). The molecule has 2 atom stereocenters. The van der Waals surface area contributed by atoms with Crippen LogP contribution >= 0.6 is 0 Å². The standard InChI is InChI=1S/C42H33N3/c1-41(2)33-18-10-7-16-31(33)38-35(41)26-25-34-30-15-9-12-20-37(30)45(42(34,38)3)40-43-36-19-11-8-17-32(36)39(44-40)29-23-21-28(22-24-29)27-13-5-4-6-14-27/h4-26,38H,1-3H3. The Hall–Kier alpha value is -5.28. The predicted octanol–water partition coefficient (Wildman–Crippen LogP) is 10.3. The van der Waals surface area contributed by atoms with Gasteiger partial charge >= 0.3 is 0 Å². The van der Waals surface area contributed by atoms with Gasteiger partial charge in [-0.1, -0.05) is 141 Å². The third kappa shape index (κ3) is 3.58. The highest BCUT2D eigenvalue weighted by Gasteiger charge is 2.59. The molecule has 0 saturated heterocycles. The summed E-state index contributed by atoms with van der Waals surface area (Å²) in [6, 6.07) is 45.5. The minimum Gasteiger partial charge on any atom is -0.299 e. The van der Waals surface area contributed by atoms with Crippen molar-refractivity contribution >= 4 is 28.1 Å². The third-order valence-corrected chi connectivity index (χ3v) is 10.5. The lowest BCUT2D eigenvalue weighted by atomic mass is 9.68. The monoisotopic (exact) mass is 579 g/mol. The molecule has 0 fully saturated rings. The SMILES string of the molecule is CC1(C)C2=CC=C3c4ccccc4N(c4nc(-c5ccc(-c6ccccc6)cc5)c5ccccc5n4)C3(C)C2c2ccccc21. The van der Waals surface area contributed by atoms with Crippen molar-refractivity contribution in [3.05, 3.63) is 162 Å². The Balaban J connectivity index is 1.27. The second-order valence-corrected chi connectivity index (χ2v) is 13.2. The molecule has 3 aliphatic rings. The van der Waals surface area contributed by atoms with Gasteiger partial charge in [-0.25, -0.2) is 9.97 Å². The van der Waals surface area contributed by atoms with Gasteiger partial charge in [0.25, 0.3) is 0 Å². The van der Waals surface area contributed by atoms with E-state index in [1.54, 1.807) is 0 Å². The van der Waals surface area contributed by atoms with Gasteiger partial charge in [-0.05, 0) is 52.5 Å². The van der Waals surface area contributed by atoms with Crippen LogP contribution in [-0.4, -0.2) is 15.5 Å². The highest BCUT2D eigenvalue weighted by Crippen LogP contribution is 2.65. The Kier molecular flexibility index (Phi) is 5.44. The van der Waals surface area contributed by atoms with Gasteiger partial charge in [0.1, 0.15) is 0 Å². The van der Waals surface area contributed by atoms with Crippen LogP contribution in [0.4, 0.5) is 11.6 Å². The molecule has 2 unspecified atom stereocenters. The summed E-state index contributed by atoms with van der Waals surface area (Å²) in [4.78, 5) is 13.2. The van der Waals surface area contributed by atoms with E-state index in [0.717, 1.165) is 33.8 Å². The zero-order valence-corrected chi connectivity index (χ0v) is 25.7. The minimum atomic E-state index is -0.408. The summed E-state index contributed by atoms with van der Waals surface area (Å²) in [5.74, 6) is 0.900. The molecular formula is C42H33N3. The molecule has 0 amide bonds. The summed E-state index contributed by atoms with van der Waals surface area (Å²) < 4.78 is 0. The molecule has 6 aromatic rings. The number of nitrogens with zero attached hydrogens (tertiary/aromatic N) is 3. The van der Waals surface area contributed by atoms with Crippen LogP contribution in [0.25, 0.3) is 38.9 Å². The van der Waals surface area contributed by atoms with Crippen molar-refractivity contribution in [3.63, 3.8) is 0 Å². The molecule has 0 radical (unpaired) electrons. The molecule has 5 aromatic carbocycles. The van der Waals surface area contributed by atoms with E-state index in [-0.39, 0.29) is 11.3 Å². The average molecular weight is 580 g/mol. The van der Waals surface area contributed by atoms with Crippen LogP contribution in [0.2, 0.25) is 0 Å². The summed E-state index contributed by atoms with van der Waals surface area (Å²) in [5.41, 5.74) is 12.9. The highest BCUT2D eigenvalue weighted by molar-refractivity contribution is 5.99. The molecule has 1 aromatic heterocycles. The van der Waals surface area contributed by atoms with Crippen molar-refractivity contribution in [1.29, 1.82) is 0 Å². The molecular weight excluding hydrogens is 546 g/mol. The first kappa shape index (κ1) is 26.2. The molecule has 0 bridgehead atoms. The number of para-hydroxylation sites is 2. The second-order valence-electron chi connectivity index (χ2n) is 13.2.